The number of aromatic nitrogens is 1. The second-order valence-electron chi connectivity index (χ2n) is 4.56. The lowest BCUT2D eigenvalue weighted by Gasteiger charge is -2.03. The van der Waals surface area contributed by atoms with Gasteiger partial charge in [0.2, 0.25) is 0 Å². The first-order valence-electron chi connectivity index (χ1n) is 6.68. The van der Waals surface area contributed by atoms with E-state index in [-0.39, 0.29) is 0 Å². The van der Waals surface area contributed by atoms with Crippen LogP contribution in [0.15, 0.2) is 56.2 Å². The van der Waals surface area contributed by atoms with Crippen LogP contribution in [-0.4, -0.2) is 12.1 Å². The Morgan fingerprint density at radius 1 is 1.35 bits per heavy atom. The molecule has 1 aromatic heterocycles. The summed E-state index contributed by atoms with van der Waals surface area (Å²) in [5, 5.41) is 9.39. The molecule has 0 bridgehead atoms. The van der Waals surface area contributed by atoms with Gasteiger partial charge in [0.05, 0.1) is 26.7 Å². The number of halogens is 1. The first-order valence-corrected chi connectivity index (χ1v) is 9.11. The number of para-hydroxylation sites is 1. The molecule has 114 valence electrons. The van der Waals surface area contributed by atoms with Crippen molar-refractivity contribution >= 4 is 55.3 Å². The van der Waals surface area contributed by atoms with Crippen LogP contribution in [0.1, 0.15) is 5.56 Å². The maximum Gasteiger partial charge on any atom is 0.156 e. The summed E-state index contributed by atoms with van der Waals surface area (Å²) in [4.78, 5) is 5.15. The minimum atomic E-state index is 0.598. The molecule has 0 aliphatic heterocycles. The number of fused-ring (bicyclic) bond motifs is 1. The van der Waals surface area contributed by atoms with E-state index >= 15 is 0 Å². The summed E-state index contributed by atoms with van der Waals surface area (Å²) in [5.41, 5.74) is 1.90. The first-order chi connectivity index (χ1) is 11.2. The van der Waals surface area contributed by atoms with E-state index < -0.39 is 0 Å². The molecule has 0 atom stereocenters. The lowest BCUT2D eigenvalue weighted by molar-refractivity contribution is 0.412. The number of benzene rings is 2. The molecule has 23 heavy (non-hydrogen) atoms. The Morgan fingerprint density at radius 2 is 2.17 bits per heavy atom. The standard InChI is InChI=1S/C17H11BrN2OS2/c1-21-15-7-6-11(9-13(15)18)8-12(10-19)22-17-20-14-4-2-3-5-16(14)23-17/h2-9H,1H3/b12-8-. The predicted octanol–water partition coefficient (Wildman–Crippen LogP) is 5.72. The van der Waals surface area contributed by atoms with Gasteiger partial charge >= 0.3 is 0 Å². The average molecular weight is 403 g/mol. The molecule has 0 fully saturated rings. The van der Waals surface area contributed by atoms with Gasteiger partial charge in [0, 0.05) is 0 Å². The van der Waals surface area contributed by atoms with Crippen LogP contribution in [0, 0.1) is 11.3 Å². The number of hydrogen-bond donors (Lipinski definition) is 0. The van der Waals surface area contributed by atoms with Crippen LogP contribution in [0.4, 0.5) is 0 Å². The molecule has 0 aliphatic rings. The van der Waals surface area contributed by atoms with Crippen molar-refractivity contribution in [1.82, 2.24) is 4.98 Å². The van der Waals surface area contributed by atoms with Gasteiger partial charge < -0.3 is 4.74 Å². The van der Waals surface area contributed by atoms with Crippen molar-refractivity contribution in [2.45, 2.75) is 4.34 Å². The van der Waals surface area contributed by atoms with Gasteiger partial charge in [0.25, 0.3) is 0 Å². The van der Waals surface area contributed by atoms with Gasteiger partial charge in [-0.3, -0.25) is 0 Å². The number of methoxy groups -OCH3 is 1. The maximum atomic E-state index is 9.39. The predicted molar refractivity (Wildman–Crippen MR) is 99.8 cm³/mol. The zero-order chi connectivity index (χ0) is 16.2. The Kier molecular flexibility index (Phi) is 5.01. The molecule has 3 rings (SSSR count). The number of ether oxygens (including phenoxy) is 1. The molecule has 0 radical (unpaired) electrons. The monoisotopic (exact) mass is 402 g/mol. The van der Waals surface area contributed by atoms with E-state index in [0.717, 1.165) is 30.3 Å². The number of nitrogens with zero attached hydrogens (tertiary/aromatic N) is 2. The van der Waals surface area contributed by atoms with E-state index in [1.54, 1.807) is 18.4 Å². The van der Waals surface area contributed by atoms with Crippen LogP contribution in [0.2, 0.25) is 0 Å². The normalized spacial score (nSPS) is 11.4. The highest BCUT2D eigenvalue weighted by Crippen LogP contribution is 2.35. The van der Waals surface area contributed by atoms with Gasteiger partial charge in [-0.15, -0.1) is 11.3 Å². The Hall–Kier alpha value is -1.81. The van der Waals surface area contributed by atoms with E-state index in [1.807, 2.05) is 48.5 Å². The molecule has 0 N–H and O–H groups in total. The molecule has 0 unspecified atom stereocenters. The third-order valence-corrected chi connectivity index (χ3v) is 5.70. The molecule has 0 amide bonds. The largest absolute Gasteiger partial charge is 0.496 e. The van der Waals surface area contributed by atoms with Gasteiger partial charge in [-0.25, -0.2) is 4.98 Å². The Balaban J connectivity index is 1.87. The summed E-state index contributed by atoms with van der Waals surface area (Å²) in [6, 6.07) is 15.9. The second-order valence-corrected chi connectivity index (χ2v) is 7.74. The molecular weight excluding hydrogens is 392 g/mol. The molecule has 6 heteroatoms. The summed E-state index contributed by atoms with van der Waals surface area (Å²) < 4.78 is 8.06. The summed E-state index contributed by atoms with van der Waals surface area (Å²) in [6.45, 7) is 0. The lowest BCUT2D eigenvalue weighted by Crippen LogP contribution is -1.84. The smallest absolute Gasteiger partial charge is 0.156 e. The van der Waals surface area contributed by atoms with E-state index in [0.29, 0.717) is 4.91 Å². The van der Waals surface area contributed by atoms with Crippen molar-refractivity contribution in [3.8, 4) is 11.8 Å². The number of hydrogen-bond acceptors (Lipinski definition) is 5. The topological polar surface area (TPSA) is 45.9 Å². The van der Waals surface area contributed by atoms with E-state index in [4.69, 9.17) is 4.74 Å². The number of rotatable bonds is 4. The number of thiazole rings is 1. The second kappa shape index (κ2) is 7.18. The van der Waals surface area contributed by atoms with Crippen LogP contribution >= 0.6 is 39.0 Å². The molecule has 2 aromatic carbocycles. The summed E-state index contributed by atoms with van der Waals surface area (Å²) in [7, 11) is 1.62. The Morgan fingerprint density at radius 3 is 2.87 bits per heavy atom. The van der Waals surface area contributed by atoms with Crippen LogP contribution in [0.3, 0.4) is 0 Å². The van der Waals surface area contributed by atoms with Crippen LogP contribution < -0.4 is 4.74 Å². The number of nitriles is 1. The SMILES string of the molecule is COc1ccc(/C=C(/C#N)Sc2nc3ccccc3s2)cc1Br. The third-order valence-electron chi connectivity index (χ3n) is 3.06. The van der Waals surface area contributed by atoms with E-state index in [1.165, 1.54) is 11.8 Å². The molecule has 3 nitrogen and oxygen atoms in total. The van der Waals surface area contributed by atoms with Crippen LogP contribution in [-0.2, 0) is 0 Å². The Labute approximate surface area is 150 Å². The molecule has 0 saturated carbocycles. The molecule has 3 aromatic rings. The number of thioether (sulfide) groups is 1. The van der Waals surface area contributed by atoms with Crippen molar-refractivity contribution in [3.05, 3.63) is 57.4 Å². The average Bonchev–Trinajstić information content (AvgIpc) is 2.96. The third kappa shape index (κ3) is 3.75. The zero-order valence-electron chi connectivity index (χ0n) is 12.1. The van der Waals surface area contributed by atoms with E-state index in [2.05, 4.69) is 27.0 Å². The fraction of sp³-hybridized carbons (Fsp3) is 0.0588. The van der Waals surface area contributed by atoms with Crippen LogP contribution in [0.5, 0.6) is 5.75 Å². The van der Waals surface area contributed by atoms with Crippen molar-refractivity contribution < 1.29 is 4.74 Å². The fourth-order valence-corrected chi connectivity index (χ4v) is 4.53. The van der Waals surface area contributed by atoms with Crippen molar-refractivity contribution in [2.24, 2.45) is 0 Å². The highest BCUT2D eigenvalue weighted by Gasteiger charge is 2.08. The van der Waals surface area contributed by atoms with Gasteiger partial charge in [0.1, 0.15) is 11.8 Å². The van der Waals surface area contributed by atoms with E-state index in [9.17, 15) is 5.26 Å². The maximum absolute atomic E-state index is 9.39. The van der Waals surface area contributed by atoms with Gasteiger partial charge in [-0.05, 0) is 63.6 Å². The summed E-state index contributed by atoms with van der Waals surface area (Å²) in [5.74, 6) is 0.763. The van der Waals surface area contributed by atoms with Crippen LogP contribution in [0.25, 0.3) is 16.3 Å². The highest BCUT2D eigenvalue weighted by atomic mass is 79.9. The minimum absolute atomic E-state index is 0.598. The fourth-order valence-electron chi connectivity index (χ4n) is 2.00. The van der Waals surface area contributed by atoms with Gasteiger partial charge in [-0.1, -0.05) is 18.2 Å². The molecular formula is C17H11BrN2OS2. The summed E-state index contributed by atoms with van der Waals surface area (Å²) in [6.07, 6.45) is 1.85. The number of allylic oxidation sites excluding steroid dienone is 1. The van der Waals surface area contributed by atoms with Crippen molar-refractivity contribution in [3.63, 3.8) is 0 Å². The van der Waals surface area contributed by atoms with Crippen molar-refractivity contribution in [1.29, 1.82) is 5.26 Å². The summed E-state index contributed by atoms with van der Waals surface area (Å²) >= 11 is 6.43. The first kappa shape index (κ1) is 16.1. The highest BCUT2D eigenvalue weighted by molar-refractivity contribution is 9.10. The minimum Gasteiger partial charge on any atom is -0.496 e. The Bertz CT molecular complexity index is 895. The zero-order valence-corrected chi connectivity index (χ0v) is 15.3. The quantitative estimate of drug-likeness (QED) is 0.413. The molecule has 1 heterocycles. The van der Waals surface area contributed by atoms with Gasteiger partial charge in [0.15, 0.2) is 4.34 Å². The lowest BCUT2D eigenvalue weighted by atomic mass is 10.2. The van der Waals surface area contributed by atoms with Crippen molar-refractivity contribution in [2.75, 3.05) is 7.11 Å². The molecule has 0 saturated heterocycles. The molecule has 0 aliphatic carbocycles. The van der Waals surface area contributed by atoms with Gasteiger partial charge in [-0.2, -0.15) is 5.26 Å². The molecule has 0 spiro atoms.